The van der Waals surface area contributed by atoms with Gasteiger partial charge in [0.2, 0.25) is 0 Å². The number of amides is 1. The lowest BCUT2D eigenvalue weighted by molar-refractivity contribution is 0.0921. The summed E-state index contributed by atoms with van der Waals surface area (Å²) in [6, 6.07) is 3.30. The van der Waals surface area contributed by atoms with Gasteiger partial charge in [-0.1, -0.05) is 31.9 Å². The second kappa shape index (κ2) is 10.00. The van der Waals surface area contributed by atoms with Crippen molar-refractivity contribution in [1.29, 1.82) is 0 Å². The Kier molecular flexibility index (Phi) is 8.00. The number of anilines is 1. The highest BCUT2D eigenvalue weighted by molar-refractivity contribution is 6.33. The SMILES string of the molecule is CCCCOc1cc(N)c(Cl)cc1C(=O)NC1CN(C)CCN(CC)C1. The molecule has 3 N–H and O–H groups in total. The fourth-order valence-corrected chi connectivity index (χ4v) is 3.24. The van der Waals surface area contributed by atoms with Crippen LogP contribution in [0, 0.1) is 0 Å². The first-order chi connectivity index (χ1) is 12.4. The minimum Gasteiger partial charge on any atom is -0.493 e. The summed E-state index contributed by atoms with van der Waals surface area (Å²) >= 11 is 6.15. The zero-order valence-electron chi connectivity index (χ0n) is 16.1. The van der Waals surface area contributed by atoms with E-state index in [0.29, 0.717) is 28.6 Å². The lowest BCUT2D eigenvalue weighted by atomic mass is 10.1. The lowest BCUT2D eigenvalue weighted by Gasteiger charge is -2.24. The number of rotatable bonds is 7. The summed E-state index contributed by atoms with van der Waals surface area (Å²) < 4.78 is 5.79. The van der Waals surface area contributed by atoms with E-state index in [4.69, 9.17) is 22.1 Å². The molecular weight excluding hydrogens is 352 g/mol. The third kappa shape index (κ3) is 5.76. The number of halogens is 1. The third-order valence-corrected chi connectivity index (χ3v) is 5.02. The number of likely N-dealkylation sites (N-methyl/N-ethyl adjacent to an activating group) is 2. The van der Waals surface area contributed by atoms with E-state index in [1.165, 1.54) is 0 Å². The molecule has 0 saturated carbocycles. The van der Waals surface area contributed by atoms with Crippen molar-refractivity contribution in [3.63, 3.8) is 0 Å². The van der Waals surface area contributed by atoms with E-state index in [1.54, 1.807) is 12.1 Å². The highest BCUT2D eigenvalue weighted by atomic mass is 35.5. The van der Waals surface area contributed by atoms with Crippen molar-refractivity contribution < 1.29 is 9.53 Å². The standard InChI is InChI=1S/C19H31ClN4O2/c1-4-6-9-26-18-11-17(21)16(20)10-15(18)19(25)22-14-12-23(3)7-8-24(5-2)13-14/h10-11,14H,4-9,12-13,21H2,1-3H3,(H,22,25). The Balaban J connectivity index is 2.15. The zero-order valence-corrected chi connectivity index (χ0v) is 16.8. The molecule has 2 rings (SSSR count). The molecule has 0 aromatic heterocycles. The Morgan fingerprint density at radius 3 is 2.81 bits per heavy atom. The Labute approximate surface area is 161 Å². The molecule has 146 valence electrons. The molecular formula is C19H31ClN4O2. The van der Waals surface area contributed by atoms with Gasteiger partial charge in [-0.05, 0) is 26.1 Å². The van der Waals surface area contributed by atoms with Crippen LogP contribution >= 0.6 is 11.6 Å². The van der Waals surface area contributed by atoms with Crippen LogP contribution in [0.1, 0.15) is 37.0 Å². The quantitative estimate of drug-likeness (QED) is 0.560. The molecule has 0 bridgehead atoms. The molecule has 1 heterocycles. The van der Waals surface area contributed by atoms with Gasteiger partial charge in [0, 0.05) is 32.2 Å². The van der Waals surface area contributed by atoms with Gasteiger partial charge >= 0.3 is 0 Å². The van der Waals surface area contributed by atoms with Crippen LogP contribution in [-0.2, 0) is 0 Å². The van der Waals surface area contributed by atoms with Crippen molar-refractivity contribution >= 4 is 23.2 Å². The Bertz CT molecular complexity index is 611. The summed E-state index contributed by atoms with van der Waals surface area (Å²) in [6.07, 6.45) is 1.94. The molecule has 1 aliphatic rings. The number of nitrogens with zero attached hydrogens (tertiary/aromatic N) is 2. The second-order valence-corrected chi connectivity index (χ2v) is 7.30. The fourth-order valence-electron chi connectivity index (χ4n) is 3.07. The van der Waals surface area contributed by atoms with Gasteiger partial charge in [-0.3, -0.25) is 4.79 Å². The van der Waals surface area contributed by atoms with Crippen LogP contribution in [0.15, 0.2) is 12.1 Å². The third-order valence-electron chi connectivity index (χ3n) is 4.69. The predicted octanol–water partition coefficient (Wildman–Crippen LogP) is 2.47. The number of benzene rings is 1. The van der Waals surface area contributed by atoms with Crippen molar-refractivity contribution in [2.24, 2.45) is 0 Å². The molecule has 26 heavy (non-hydrogen) atoms. The van der Waals surface area contributed by atoms with E-state index >= 15 is 0 Å². The number of carbonyl (C=O) groups is 1. The van der Waals surface area contributed by atoms with Gasteiger partial charge in [0.15, 0.2) is 0 Å². The number of nitrogens with one attached hydrogen (secondary N) is 1. The van der Waals surface area contributed by atoms with Crippen LogP contribution in [0.3, 0.4) is 0 Å². The van der Waals surface area contributed by atoms with Crippen molar-refractivity contribution in [3.8, 4) is 5.75 Å². The van der Waals surface area contributed by atoms with E-state index in [2.05, 4.69) is 36.0 Å². The van der Waals surface area contributed by atoms with E-state index in [9.17, 15) is 4.79 Å². The van der Waals surface area contributed by atoms with Gasteiger partial charge < -0.3 is 25.6 Å². The number of carbonyl (C=O) groups excluding carboxylic acids is 1. The van der Waals surface area contributed by atoms with Crippen LogP contribution < -0.4 is 15.8 Å². The second-order valence-electron chi connectivity index (χ2n) is 6.90. The molecule has 6 nitrogen and oxygen atoms in total. The predicted molar refractivity (Wildman–Crippen MR) is 107 cm³/mol. The van der Waals surface area contributed by atoms with Gasteiger partial charge in [0.25, 0.3) is 5.91 Å². The number of hydrogen-bond acceptors (Lipinski definition) is 5. The topological polar surface area (TPSA) is 70.8 Å². The molecule has 1 aliphatic heterocycles. The first-order valence-corrected chi connectivity index (χ1v) is 9.75. The molecule has 0 radical (unpaired) electrons. The molecule has 1 fully saturated rings. The molecule has 1 aromatic rings. The maximum atomic E-state index is 12.9. The van der Waals surface area contributed by atoms with E-state index in [1.807, 2.05) is 0 Å². The smallest absolute Gasteiger partial charge is 0.255 e. The van der Waals surface area contributed by atoms with Crippen LogP contribution in [0.5, 0.6) is 5.75 Å². The van der Waals surface area contributed by atoms with Crippen LogP contribution in [0.4, 0.5) is 5.69 Å². The average molecular weight is 383 g/mol. The minimum atomic E-state index is -0.172. The summed E-state index contributed by atoms with van der Waals surface area (Å²) in [5.74, 6) is 0.321. The number of nitrogen functional groups attached to an aromatic ring is 1. The van der Waals surface area contributed by atoms with Gasteiger partial charge in [-0.25, -0.2) is 0 Å². The molecule has 1 aromatic carbocycles. The number of ether oxygens (including phenoxy) is 1. The van der Waals surface area contributed by atoms with Crippen molar-refractivity contribution in [1.82, 2.24) is 15.1 Å². The van der Waals surface area contributed by atoms with E-state index < -0.39 is 0 Å². The molecule has 1 saturated heterocycles. The normalized spacial score (nSPS) is 19.2. The van der Waals surface area contributed by atoms with Gasteiger partial charge in [0.05, 0.1) is 28.9 Å². The molecule has 7 heteroatoms. The van der Waals surface area contributed by atoms with Gasteiger partial charge in [0.1, 0.15) is 5.75 Å². The highest BCUT2D eigenvalue weighted by Crippen LogP contribution is 2.29. The van der Waals surface area contributed by atoms with E-state index in [-0.39, 0.29) is 11.9 Å². The summed E-state index contributed by atoms with van der Waals surface area (Å²) in [6.45, 7) is 9.42. The molecule has 0 aliphatic carbocycles. The minimum absolute atomic E-state index is 0.0507. The lowest BCUT2D eigenvalue weighted by Crippen LogP contribution is -2.46. The van der Waals surface area contributed by atoms with Crippen LogP contribution in [0.25, 0.3) is 0 Å². The summed E-state index contributed by atoms with van der Waals surface area (Å²) in [7, 11) is 2.08. The first-order valence-electron chi connectivity index (χ1n) is 9.38. The van der Waals surface area contributed by atoms with Crippen molar-refractivity contribution in [3.05, 3.63) is 22.7 Å². The maximum Gasteiger partial charge on any atom is 0.255 e. The first kappa shape index (κ1) is 20.8. The maximum absolute atomic E-state index is 12.9. The number of nitrogens with two attached hydrogens (primary N) is 1. The monoisotopic (exact) mass is 382 g/mol. The van der Waals surface area contributed by atoms with Crippen molar-refractivity contribution in [2.45, 2.75) is 32.7 Å². The molecule has 0 spiro atoms. The molecule has 1 amide bonds. The van der Waals surface area contributed by atoms with Gasteiger partial charge in [-0.2, -0.15) is 0 Å². The van der Waals surface area contributed by atoms with Crippen molar-refractivity contribution in [2.75, 3.05) is 52.1 Å². The fraction of sp³-hybridized carbons (Fsp3) is 0.632. The Morgan fingerprint density at radius 1 is 1.35 bits per heavy atom. The zero-order chi connectivity index (χ0) is 19.1. The average Bonchev–Trinajstić information content (AvgIpc) is 2.78. The largest absolute Gasteiger partial charge is 0.493 e. The molecule has 1 atom stereocenters. The van der Waals surface area contributed by atoms with Crippen LogP contribution in [-0.4, -0.2) is 68.1 Å². The van der Waals surface area contributed by atoms with Crippen LogP contribution in [0.2, 0.25) is 5.02 Å². The highest BCUT2D eigenvalue weighted by Gasteiger charge is 2.24. The molecule has 1 unspecified atom stereocenters. The Hall–Kier alpha value is -1.50. The summed E-state index contributed by atoms with van der Waals surface area (Å²) in [5, 5.41) is 3.51. The number of unbranched alkanes of at least 4 members (excludes halogenated alkanes) is 1. The van der Waals surface area contributed by atoms with Gasteiger partial charge in [-0.15, -0.1) is 0 Å². The summed E-state index contributed by atoms with van der Waals surface area (Å²) in [5.41, 5.74) is 6.75. The van der Waals surface area contributed by atoms with E-state index in [0.717, 1.165) is 45.6 Å². The number of hydrogen-bond donors (Lipinski definition) is 2. The Morgan fingerprint density at radius 2 is 2.12 bits per heavy atom. The summed E-state index contributed by atoms with van der Waals surface area (Å²) in [4.78, 5) is 17.5.